The Morgan fingerprint density at radius 3 is 2.27 bits per heavy atom. The molecule has 2 heteroatoms. The molecule has 0 bridgehead atoms. The molecule has 0 spiro atoms. The monoisotopic (exact) mass is 386 g/mol. The molecule has 1 aromatic carbocycles. The Bertz CT molecular complexity index is 656. The van der Waals surface area contributed by atoms with Crippen LogP contribution in [0.5, 0.6) is 0 Å². The Morgan fingerprint density at radius 1 is 0.962 bits per heavy atom. The van der Waals surface area contributed by atoms with E-state index in [2.05, 4.69) is 102 Å². The Hall–Kier alpha value is -0.860. The van der Waals surface area contributed by atoms with Gasteiger partial charge in [0.05, 0.1) is 4.75 Å². The number of hydrogen-bond donors (Lipinski definition) is 0. The Morgan fingerprint density at radius 2 is 1.65 bits per heavy atom. The second-order valence-electron chi connectivity index (χ2n) is 8.03. The van der Waals surface area contributed by atoms with Crippen LogP contribution in [-0.4, -0.2) is 10.00 Å². The highest BCUT2D eigenvalue weighted by molar-refractivity contribution is 8.04. The van der Waals surface area contributed by atoms with E-state index in [1.807, 2.05) is 23.5 Å². The van der Waals surface area contributed by atoms with Crippen molar-refractivity contribution in [1.29, 1.82) is 0 Å². The smallest absolute Gasteiger partial charge is 0.0551 e. The fourth-order valence-electron chi connectivity index (χ4n) is 3.26. The standard InChI is InChI=1S/C24H34S2/c1-7-11-20(4)23(5)15-14-22(25-19(2)3)18-24(6,17-16-23)26-21-12-9-8-10-13-21/h8-10,12-20H,7,11H2,1-6H3. The maximum Gasteiger partial charge on any atom is 0.0551 e. The molecule has 0 aromatic heterocycles. The minimum Gasteiger partial charge on any atom is -0.124 e. The van der Waals surface area contributed by atoms with Crippen molar-refractivity contribution in [1.82, 2.24) is 0 Å². The molecule has 2 rings (SSSR count). The summed E-state index contributed by atoms with van der Waals surface area (Å²) >= 11 is 3.90. The van der Waals surface area contributed by atoms with Crippen molar-refractivity contribution in [3.63, 3.8) is 0 Å². The van der Waals surface area contributed by atoms with Crippen molar-refractivity contribution in [3.05, 3.63) is 65.6 Å². The quantitative estimate of drug-likeness (QED) is 0.434. The molecule has 3 atom stereocenters. The van der Waals surface area contributed by atoms with Crippen LogP contribution in [0.15, 0.2) is 70.5 Å². The molecule has 0 N–H and O–H groups in total. The van der Waals surface area contributed by atoms with Crippen molar-refractivity contribution in [2.24, 2.45) is 11.3 Å². The number of allylic oxidation sites excluding steroid dienone is 3. The molecule has 1 aromatic rings. The lowest BCUT2D eigenvalue weighted by Crippen LogP contribution is -2.24. The maximum atomic E-state index is 2.45. The molecule has 0 saturated heterocycles. The van der Waals surface area contributed by atoms with E-state index in [-0.39, 0.29) is 10.2 Å². The van der Waals surface area contributed by atoms with Crippen molar-refractivity contribution in [3.8, 4) is 0 Å². The third kappa shape index (κ3) is 6.09. The molecule has 0 fully saturated rings. The summed E-state index contributed by atoms with van der Waals surface area (Å²) in [5.74, 6) is 0.634. The van der Waals surface area contributed by atoms with Gasteiger partial charge in [-0.05, 0) is 31.4 Å². The van der Waals surface area contributed by atoms with Crippen LogP contribution in [0.4, 0.5) is 0 Å². The van der Waals surface area contributed by atoms with Gasteiger partial charge >= 0.3 is 0 Å². The minimum atomic E-state index is -0.0451. The minimum absolute atomic E-state index is 0.0451. The number of thioether (sulfide) groups is 2. The summed E-state index contributed by atoms with van der Waals surface area (Å²) in [5.41, 5.74) is 0.103. The van der Waals surface area contributed by atoms with Crippen LogP contribution in [0.3, 0.4) is 0 Å². The fourth-order valence-corrected chi connectivity index (χ4v) is 5.47. The van der Waals surface area contributed by atoms with Gasteiger partial charge in [-0.15, -0.1) is 23.5 Å². The predicted octanol–water partition coefficient (Wildman–Crippen LogP) is 8.13. The molecule has 0 saturated carbocycles. The molecule has 1 aliphatic carbocycles. The molecule has 142 valence electrons. The fraction of sp³-hybridized carbons (Fsp3) is 0.500. The van der Waals surface area contributed by atoms with Gasteiger partial charge in [0, 0.05) is 20.5 Å². The maximum absolute atomic E-state index is 2.45. The van der Waals surface area contributed by atoms with Crippen molar-refractivity contribution in [2.45, 2.75) is 69.3 Å². The number of rotatable bonds is 7. The normalized spacial score (nSPS) is 27.1. The van der Waals surface area contributed by atoms with Gasteiger partial charge in [-0.25, -0.2) is 0 Å². The summed E-state index contributed by atoms with van der Waals surface area (Å²) in [6.45, 7) is 13.9. The van der Waals surface area contributed by atoms with Crippen LogP contribution in [0.1, 0.15) is 54.4 Å². The zero-order valence-electron chi connectivity index (χ0n) is 17.2. The van der Waals surface area contributed by atoms with Crippen LogP contribution in [-0.2, 0) is 0 Å². The third-order valence-electron chi connectivity index (χ3n) is 5.05. The number of benzene rings is 1. The van der Waals surface area contributed by atoms with Crippen LogP contribution in [0.25, 0.3) is 0 Å². The van der Waals surface area contributed by atoms with Crippen LogP contribution in [0, 0.1) is 11.3 Å². The average molecular weight is 387 g/mol. The molecule has 26 heavy (non-hydrogen) atoms. The van der Waals surface area contributed by atoms with Gasteiger partial charge in [0.1, 0.15) is 0 Å². The lowest BCUT2D eigenvalue weighted by molar-refractivity contribution is 0.327. The second-order valence-corrected chi connectivity index (χ2v) is 11.2. The topological polar surface area (TPSA) is 0 Å². The molecular formula is C24H34S2. The average Bonchev–Trinajstić information content (AvgIpc) is 2.58. The summed E-state index contributed by atoms with van der Waals surface area (Å²) in [6.07, 6.45) is 14.6. The van der Waals surface area contributed by atoms with E-state index >= 15 is 0 Å². The van der Waals surface area contributed by atoms with E-state index in [4.69, 9.17) is 0 Å². The highest BCUT2D eigenvalue weighted by Crippen LogP contribution is 2.43. The Kier molecular flexibility index (Phi) is 7.73. The highest BCUT2D eigenvalue weighted by atomic mass is 32.2. The van der Waals surface area contributed by atoms with Gasteiger partial charge in [0.15, 0.2) is 0 Å². The molecule has 0 heterocycles. The first kappa shape index (κ1) is 21.4. The van der Waals surface area contributed by atoms with E-state index in [1.54, 1.807) is 0 Å². The Balaban J connectivity index is 2.42. The molecular weight excluding hydrogens is 352 g/mol. The summed E-state index contributed by atoms with van der Waals surface area (Å²) in [6, 6.07) is 10.8. The van der Waals surface area contributed by atoms with Crippen LogP contribution < -0.4 is 0 Å². The zero-order chi connectivity index (χ0) is 19.2. The van der Waals surface area contributed by atoms with Gasteiger partial charge in [0.2, 0.25) is 0 Å². The third-order valence-corrected chi connectivity index (χ3v) is 7.24. The van der Waals surface area contributed by atoms with Crippen molar-refractivity contribution < 1.29 is 0 Å². The summed E-state index contributed by atoms with van der Waals surface area (Å²) in [7, 11) is 0. The largest absolute Gasteiger partial charge is 0.124 e. The van der Waals surface area contributed by atoms with E-state index in [0.717, 1.165) is 0 Å². The molecule has 0 aliphatic heterocycles. The lowest BCUT2D eigenvalue weighted by Gasteiger charge is -2.34. The summed E-state index contributed by atoms with van der Waals surface area (Å²) < 4.78 is -0.0451. The van der Waals surface area contributed by atoms with E-state index in [0.29, 0.717) is 11.2 Å². The van der Waals surface area contributed by atoms with Crippen LogP contribution >= 0.6 is 23.5 Å². The van der Waals surface area contributed by atoms with Gasteiger partial charge in [-0.3, -0.25) is 0 Å². The van der Waals surface area contributed by atoms with Crippen LogP contribution in [0.2, 0.25) is 0 Å². The van der Waals surface area contributed by atoms with E-state index in [1.165, 1.54) is 22.6 Å². The molecule has 0 radical (unpaired) electrons. The predicted molar refractivity (Wildman–Crippen MR) is 122 cm³/mol. The Labute approximate surface area is 169 Å². The molecule has 0 amide bonds. The van der Waals surface area contributed by atoms with Crippen molar-refractivity contribution >= 4 is 23.5 Å². The molecule has 0 nitrogen and oxygen atoms in total. The first-order valence-corrected chi connectivity index (χ1v) is 11.5. The lowest BCUT2D eigenvalue weighted by atomic mass is 9.74. The molecule has 3 unspecified atom stereocenters. The van der Waals surface area contributed by atoms with Gasteiger partial charge < -0.3 is 0 Å². The zero-order valence-corrected chi connectivity index (χ0v) is 18.8. The summed E-state index contributed by atoms with van der Waals surface area (Å²) in [4.78, 5) is 2.70. The van der Waals surface area contributed by atoms with Crippen molar-refractivity contribution in [2.75, 3.05) is 0 Å². The molecule has 1 aliphatic rings. The van der Waals surface area contributed by atoms with E-state index < -0.39 is 0 Å². The van der Waals surface area contributed by atoms with E-state index in [9.17, 15) is 0 Å². The summed E-state index contributed by atoms with van der Waals surface area (Å²) in [5, 5.41) is 0.583. The first-order valence-electron chi connectivity index (χ1n) is 9.79. The number of hydrogen-bond acceptors (Lipinski definition) is 2. The highest BCUT2D eigenvalue weighted by Gasteiger charge is 2.29. The second kappa shape index (κ2) is 9.37. The first-order chi connectivity index (χ1) is 12.3. The van der Waals surface area contributed by atoms with Gasteiger partial charge in [0.25, 0.3) is 0 Å². The van der Waals surface area contributed by atoms with Gasteiger partial charge in [-0.1, -0.05) is 89.6 Å². The SMILES string of the molecule is CCCC(C)C1(C)C=CC(SC(C)C)=CC(C)(Sc2ccccc2)C=C1. The van der Waals surface area contributed by atoms with Gasteiger partial charge in [-0.2, -0.15) is 0 Å².